The Morgan fingerprint density at radius 1 is 1.18 bits per heavy atom. The number of allylic oxidation sites excluding steroid dienone is 1. The summed E-state index contributed by atoms with van der Waals surface area (Å²) >= 11 is 0. The van der Waals surface area contributed by atoms with E-state index in [-0.39, 0.29) is 18.2 Å². The molecular weight excluding hydrogens is 278 g/mol. The summed E-state index contributed by atoms with van der Waals surface area (Å²) in [6, 6.07) is 11.6. The molecule has 0 bridgehead atoms. The van der Waals surface area contributed by atoms with Gasteiger partial charge in [-0.25, -0.2) is 4.98 Å². The Hall–Kier alpha value is -2.49. The summed E-state index contributed by atoms with van der Waals surface area (Å²) < 4.78 is 4.74. The number of nitrogens with zero attached hydrogens (tertiary/aromatic N) is 1. The smallest absolute Gasteiger partial charge is 0.309 e. The lowest BCUT2D eigenvalue weighted by Crippen LogP contribution is -2.14. The van der Waals surface area contributed by atoms with E-state index in [4.69, 9.17) is 4.74 Å². The molecule has 1 aliphatic rings. The maximum atomic E-state index is 12.4. The van der Waals surface area contributed by atoms with Crippen LogP contribution in [0.1, 0.15) is 31.4 Å². The molecule has 0 spiro atoms. The monoisotopic (exact) mass is 295 g/mol. The highest BCUT2D eigenvalue weighted by Gasteiger charge is 2.24. The molecule has 1 heterocycles. The third-order valence-corrected chi connectivity index (χ3v) is 3.95. The van der Waals surface area contributed by atoms with E-state index >= 15 is 0 Å². The fourth-order valence-electron chi connectivity index (χ4n) is 2.86. The Morgan fingerprint density at radius 2 is 2.00 bits per heavy atom. The molecule has 0 saturated carbocycles. The molecule has 0 atom stereocenters. The molecule has 4 nitrogen and oxygen atoms in total. The normalized spacial score (nSPS) is 15.2. The van der Waals surface area contributed by atoms with Gasteiger partial charge in [0.25, 0.3) is 0 Å². The summed E-state index contributed by atoms with van der Waals surface area (Å²) in [4.78, 5) is 28.6. The van der Waals surface area contributed by atoms with Crippen LogP contribution in [0.25, 0.3) is 16.5 Å². The minimum Gasteiger partial charge on any atom is -0.469 e. The van der Waals surface area contributed by atoms with Gasteiger partial charge in [-0.2, -0.15) is 0 Å². The third kappa shape index (κ3) is 2.77. The maximum absolute atomic E-state index is 12.4. The largest absolute Gasteiger partial charge is 0.469 e. The van der Waals surface area contributed by atoms with Gasteiger partial charge >= 0.3 is 5.97 Å². The highest BCUT2D eigenvalue weighted by atomic mass is 16.5. The Morgan fingerprint density at radius 3 is 2.82 bits per heavy atom. The number of ketones is 1. The number of esters is 1. The van der Waals surface area contributed by atoms with Crippen molar-refractivity contribution in [2.45, 2.75) is 25.7 Å². The molecule has 112 valence electrons. The quantitative estimate of drug-likeness (QED) is 0.815. The van der Waals surface area contributed by atoms with Crippen molar-refractivity contribution >= 4 is 28.2 Å². The number of hydrogen-bond acceptors (Lipinski definition) is 4. The molecule has 0 amide bonds. The fraction of sp³-hybridized carbons (Fsp3) is 0.278. The van der Waals surface area contributed by atoms with Crippen molar-refractivity contribution in [3.8, 4) is 0 Å². The van der Waals surface area contributed by atoms with Crippen LogP contribution in [0, 0.1) is 0 Å². The van der Waals surface area contributed by atoms with Crippen LogP contribution < -0.4 is 0 Å². The summed E-state index contributed by atoms with van der Waals surface area (Å²) in [6.45, 7) is 0. The SMILES string of the molecule is COC(=O)CC1=C(c2ccc3ccccc3n2)C(=O)CCC1. The molecule has 0 fully saturated rings. The first kappa shape index (κ1) is 14.4. The third-order valence-electron chi connectivity index (χ3n) is 3.95. The number of benzene rings is 1. The molecule has 2 aromatic rings. The Bertz CT molecular complexity index is 777. The average molecular weight is 295 g/mol. The van der Waals surface area contributed by atoms with Crippen molar-refractivity contribution in [3.05, 3.63) is 47.7 Å². The number of hydrogen-bond donors (Lipinski definition) is 0. The molecule has 0 radical (unpaired) electrons. The number of aromatic nitrogens is 1. The number of carbonyl (C=O) groups is 2. The van der Waals surface area contributed by atoms with E-state index in [9.17, 15) is 9.59 Å². The predicted molar refractivity (Wildman–Crippen MR) is 84.2 cm³/mol. The maximum Gasteiger partial charge on any atom is 0.309 e. The van der Waals surface area contributed by atoms with Gasteiger partial charge in [0.05, 0.1) is 24.7 Å². The number of para-hydroxylation sites is 1. The molecular formula is C18H17NO3. The van der Waals surface area contributed by atoms with E-state index in [0.717, 1.165) is 29.3 Å². The van der Waals surface area contributed by atoms with Crippen molar-refractivity contribution in [1.82, 2.24) is 4.98 Å². The van der Waals surface area contributed by atoms with E-state index in [0.29, 0.717) is 17.7 Å². The molecule has 0 aliphatic heterocycles. The van der Waals surface area contributed by atoms with E-state index in [1.807, 2.05) is 36.4 Å². The topological polar surface area (TPSA) is 56.3 Å². The van der Waals surface area contributed by atoms with Crippen molar-refractivity contribution in [2.75, 3.05) is 7.11 Å². The second-order valence-electron chi connectivity index (χ2n) is 5.40. The first-order valence-corrected chi connectivity index (χ1v) is 7.37. The number of ether oxygens (including phenoxy) is 1. The lowest BCUT2D eigenvalue weighted by Gasteiger charge is -2.18. The molecule has 1 aromatic carbocycles. The number of methoxy groups -OCH3 is 1. The van der Waals surface area contributed by atoms with Crippen LogP contribution in [0.4, 0.5) is 0 Å². The van der Waals surface area contributed by atoms with E-state index < -0.39 is 0 Å². The van der Waals surface area contributed by atoms with Gasteiger partial charge < -0.3 is 4.74 Å². The summed E-state index contributed by atoms with van der Waals surface area (Å²) in [5.41, 5.74) is 2.94. The molecule has 3 rings (SSSR count). The van der Waals surface area contributed by atoms with Gasteiger partial charge in [-0.3, -0.25) is 9.59 Å². The molecule has 0 N–H and O–H groups in total. The van der Waals surface area contributed by atoms with Crippen LogP contribution in [-0.2, 0) is 14.3 Å². The summed E-state index contributed by atoms with van der Waals surface area (Å²) in [7, 11) is 1.36. The highest BCUT2D eigenvalue weighted by molar-refractivity contribution is 6.22. The number of Topliss-reactive ketones (excluding diaryl/α,β-unsaturated/α-hetero) is 1. The Labute approximate surface area is 128 Å². The van der Waals surface area contributed by atoms with Crippen molar-refractivity contribution in [1.29, 1.82) is 0 Å². The van der Waals surface area contributed by atoms with Crippen LogP contribution in [0.3, 0.4) is 0 Å². The second kappa shape index (κ2) is 6.10. The number of carbonyl (C=O) groups excluding carboxylic acids is 2. The van der Waals surface area contributed by atoms with Crippen molar-refractivity contribution in [2.24, 2.45) is 0 Å². The minimum atomic E-state index is -0.317. The number of pyridine rings is 1. The average Bonchev–Trinajstić information content (AvgIpc) is 2.54. The van der Waals surface area contributed by atoms with Gasteiger partial charge in [-0.1, -0.05) is 24.3 Å². The zero-order chi connectivity index (χ0) is 15.5. The van der Waals surface area contributed by atoms with E-state index in [1.165, 1.54) is 7.11 Å². The van der Waals surface area contributed by atoms with Gasteiger partial charge in [0, 0.05) is 17.4 Å². The highest BCUT2D eigenvalue weighted by Crippen LogP contribution is 2.31. The van der Waals surface area contributed by atoms with Gasteiger partial charge in [0.15, 0.2) is 5.78 Å². The first-order chi connectivity index (χ1) is 10.7. The van der Waals surface area contributed by atoms with Gasteiger partial charge in [0.1, 0.15) is 0 Å². The molecule has 0 unspecified atom stereocenters. The first-order valence-electron chi connectivity index (χ1n) is 7.37. The van der Waals surface area contributed by atoms with E-state index in [1.54, 1.807) is 0 Å². The molecule has 4 heteroatoms. The number of rotatable bonds is 3. The second-order valence-corrected chi connectivity index (χ2v) is 5.40. The van der Waals surface area contributed by atoms with E-state index in [2.05, 4.69) is 4.98 Å². The summed E-state index contributed by atoms with van der Waals surface area (Å²) in [6.07, 6.45) is 2.19. The zero-order valence-electron chi connectivity index (χ0n) is 12.5. The zero-order valence-corrected chi connectivity index (χ0v) is 12.5. The van der Waals surface area contributed by atoms with Gasteiger partial charge in [0.2, 0.25) is 0 Å². The van der Waals surface area contributed by atoms with Crippen LogP contribution in [0.5, 0.6) is 0 Å². The minimum absolute atomic E-state index is 0.0629. The standard InChI is InChI=1S/C18H17NO3/c1-22-17(21)11-13-6-4-8-16(20)18(13)15-10-9-12-5-2-3-7-14(12)19-15/h2-3,5,7,9-10H,4,6,8,11H2,1H3. The molecule has 0 saturated heterocycles. The van der Waals surface area contributed by atoms with Crippen LogP contribution in [0.2, 0.25) is 0 Å². The summed E-state index contributed by atoms with van der Waals surface area (Å²) in [5, 5.41) is 1.03. The molecule has 1 aliphatic carbocycles. The molecule has 1 aromatic heterocycles. The lowest BCUT2D eigenvalue weighted by molar-refractivity contribution is -0.139. The van der Waals surface area contributed by atoms with Crippen molar-refractivity contribution in [3.63, 3.8) is 0 Å². The lowest BCUT2D eigenvalue weighted by atomic mass is 9.86. The fourth-order valence-corrected chi connectivity index (χ4v) is 2.86. The van der Waals surface area contributed by atoms with Gasteiger partial charge in [-0.05, 0) is 30.5 Å². The van der Waals surface area contributed by atoms with Crippen LogP contribution in [-0.4, -0.2) is 23.8 Å². The van der Waals surface area contributed by atoms with Crippen LogP contribution >= 0.6 is 0 Å². The Kier molecular flexibility index (Phi) is 4.00. The number of fused-ring (bicyclic) bond motifs is 1. The van der Waals surface area contributed by atoms with Gasteiger partial charge in [-0.15, -0.1) is 0 Å². The Balaban J connectivity index is 2.09. The molecule has 22 heavy (non-hydrogen) atoms. The van der Waals surface area contributed by atoms with Crippen LogP contribution in [0.15, 0.2) is 42.0 Å². The summed E-state index contributed by atoms with van der Waals surface area (Å²) in [5.74, 6) is -0.254. The predicted octanol–water partition coefficient (Wildman–Crippen LogP) is 3.30. The van der Waals surface area contributed by atoms with Crippen molar-refractivity contribution < 1.29 is 14.3 Å².